The molecule has 9 unspecified atom stereocenters. The highest BCUT2D eigenvalue weighted by Crippen LogP contribution is 2.42. The van der Waals surface area contributed by atoms with Crippen molar-refractivity contribution >= 4 is 23.9 Å². The zero-order valence-corrected chi connectivity index (χ0v) is 46.1. The second-order valence-electron chi connectivity index (χ2n) is 22.1. The molecule has 26 nitrogen and oxygen atoms in total. The van der Waals surface area contributed by atoms with Gasteiger partial charge in [-0.1, -0.05) is 92.4 Å². The summed E-state index contributed by atoms with van der Waals surface area (Å²) in [7, 11) is 0. The zero-order valence-electron chi connectivity index (χ0n) is 46.1. The molecule has 26 heteroatoms. The van der Waals surface area contributed by atoms with Gasteiger partial charge in [0, 0.05) is 36.1 Å². The van der Waals surface area contributed by atoms with Crippen LogP contribution in [-0.4, -0.2) is 222 Å². The van der Waals surface area contributed by atoms with E-state index in [1.54, 1.807) is 24.4 Å². The second kappa shape index (κ2) is 28.2. The predicted molar refractivity (Wildman–Crippen MR) is 287 cm³/mol. The predicted octanol–water partition coefficient (Wildman–Crippen LogP) is -0.168. The Labute approximate surface area is 478 Å². The molecule has 2 amide bonds. The molecule has 9 rings (SSSR count). The highest BCUT2D eigenvalue weighted by Gasteiger charge is 2.54. The molecule has 2 aromatic carbocycles. The van der Waals surface area contributed by atoms with Gasteiger partial charge >= 0.3 is 5.97 Å². The molecule has 4 aliphatic heterocycles. The highest BCUT2D eigenvalue weighted by molar-refractivity contribution is 5.79. The van der Waals surface area contributed by atoms with Gasteiger partial charge in [-0.05, 0) is 44.2 Å². The Morgan fingerprint density at radius 3 is 2.19 bits per heavy atom. The number of aliphatic hydroxyl groups excluding tert-OH is 8. The minimum atomic E-state index is -1.83. The largest absolute Gasteiger partial charge is 0.479 e. The molecule has 2 saturated carbocycles. The number of nitrogens with one attached hydrogen (secondary N) is 2. The lowest BCUT2D eigenvalue weighted by Crippen LogP contribution is -2.67. The summed E-state index contributed by atoms with van der Waals surface area (Å²) in [6.45, 7) is 4.55. The number of benzene rings is 2. The monoisotopic (exact) mass is 1170 g/mol. The number of aromatic nitrogens is 3. The van der Waals surface area contributed by atoms with Gasteiger partial charge in [0.1, 0.15) is 90.4 Å². The van der Waals surface area contributed by atoms with Gasteiger partial charge in [-0.2, -0.15) is 0 Å². The van der Waals surface area contributed by atoms with Crippen molar-refractivity contribution in [3.8, 4) is 17.0 Å². The van der Waals surface area contributed by atoms with Crippen molar-refractivity contribution in [2.75, 3.05) is 33.0 Å². The van der Waals surface area contributed by atoms with E-state index in [2.05, 4.69) is 27.5 Å². The lowest BCUT2D eigenvalue weighted by atomic mass is 9.80. The molecule has 2 aliphatic carbocycles. The van der Waals surface area contributed by atoms with Crippen LogP contribution in [0.3, 0.4) is 0 Å². The third kappa shape index (κ3) is 14.7. The summed E-state index contributed by atoms with van der Waals surface area (Å²) in [5.41, 5.74) is 2.41. The first kappa shape index (κ1) is 62.2. The fourth-order valence-electron chi connectivity index (χ4n) is 11.8. The van der Waals surface area contributed by atoms with Gasteiger partial charge in [0.15, 0.2) is 25.0 Å². The summed E-state index contributed by atoms with van der Waals surface area (Å²) in [5.74, 6) is -2.62. The molecule has 5 fully saturated rings. The van der Waals surface area contributed by atoms with Crippen molar-refractivity contribution in [1.29, 1.82) is 0 Å². The van der Waals surface area contributed by atoms with Crippen LogP contribution < -0.4 is 15.4 Å². The lowest BCUT2D eigenvalue weighted by molar-refractivity contribution is -0.337. The number of hydrogen-bond donors (Lipinski definition) is 11. The van der Waals surface area contributed by atoms with Crippen molar-refractivity contribution in [3.05, 3.63) is 84.3 Å². The molecule has 456 valence electrons. The van der Waals surface area contributed by atoms with Crippen molar-refractivity contribution in [3.63, 3.8) is 0 Å². The molecule has 3 aromatic rings. The van der Waals surface area contributed by atoms with E-state index in [0.29, 0.717) is 28.3 Å². The topological polar surface area (TPSA) is 371 Å². The lowest BCUT2D eigenvalue weighted by Gasteiger charge is -2.49. The van der Waals surface area contributed by atoms with E-state index in [4.69, 9.17) is 42.6 Å². The summed E-state index contributed by atoms with van der Waals surface area (Å²) in [6, 6.07) is 13.8. The van der Waals surface area contributed by atoms with Gasteiger partial charge in [-0.25, -0.2) is 9.48 Å². The third-order valence-electron chi connectivity index (χ3n) is 16.4. The number of amides is 2. The van der Waals surface area contributed by atoms with Crippen molar-refractivity contribution < 1.29 is 103 Å². The number of ether oxygens (including phenoxy) is 9. The molecule has 0 spiro atoms. The second-order valence-corrected chi connectivity index (χ2v) is 22.1. The minimum Gasteiger partial charge on any atom is -0.479 e. The number of carboxylic acids is 1. The summed E-state index contributed by atoms with van der Waals surface area (Å²) < 4.78 is 56.9. The number of aliphatic carboxylic acids is 1. The van der Waals surface area contributed by atoms with Crippen molar-refractivity contribution in [1.82, 2.24) is 25.6 Å². The smallest absolute Gasteiger partial charge is 0.332 e. The fourth-order valence-corrected chi connectivity index (χ4v) is 11.8. The first-order valence-corrected chi connectivity index (χ1v) is 28.3. The Hall–Kier alpha value is -5.37. The average Bonchev–Trinajstić information content (AvgIpc) is 4.02. The Bertz CT molecular complexity index is 2680. The van der Waals surface area contributed by atoms with Crippen molar-refractivity contribution in [2.24, 2.45) is 11.8 Å². The van der Waals surface area contributed by atoms with Gasteiger partial charge in [0.2, 0.25) is 11.8 Å². The molecule has 6 aliphatic rings. The third-order valence-corrected chi connectivity index (χ3v) is 16.4. The fraction of sp³-hybridized carbons (Fsp3) is 0.632. The number of hydrogen-bond acceptors (Lipinski definition) is 22. The number of fused-ring (bicyclic) bond motifs is 1. The van der Waals surface area contributed by atoms with E-state index in [-0.39, 0.29) is 44.9 Å². The summed E-state index contributed by atoms with van der Waals surface area (Å²) in [5, 5.41) is 113. The highest BCUT2D eigenvalue weighted by atomic mass is 16.7. The zero-order chi connectivity index (χ0) is 59.1. The Morgan fingerprint density at radius 2 is 1.48 bits per heavy atom. The average molecular weight is 1170 g/mol. The quantitative estimate of drug-likeness (QED) is 0.0582. The van der Waals surface area contributed by atoms with Crippen LogP contribution >= 0.6 is 0 Å². The maximum Gasteiger partial charge on any atom is 0.332 e. The number of aliphatic hydroxyl groups is 8. The van der Waals surface area contributed by atoms with Gasteiger partial charge in [0.25, 0.3) is 0 Å². The molecular weight excluding hydrogens is 1090 g/mol. The number of carbonyl (C=O) groups is 3. The minimum absolute atomic E-state index is 0.00554. The summed E-state index contributed by atoms with van der Waals surface area (Å²) >= 11 is 0. The first-order chi connectivity index (χ1) is 39.9. The van der Waals surface area contributed by atoms with Crippen LogP contribution in [0, 0.1) is 11.8 Å². The van der Waals surface area contributed by atoms with E-state index in [0.717, 1.165) is 37.7 Å². The van der Waals surface area contributed by atoms with Crippen LogP contribution in [0.4, 0.5) is 0 Å². The first-order valence-electron chi connectivity index (χ1n) is 28.3. The molecule has 3 saturated heterocycles. The van der Waals surface area contributed by atoms with Crippen LogP contribution in [0.1, 0.15) is 76.8 Å². The van der Waals surface area contributed by atoms with Gasteiger partial charge < -0.3 is 99.2 Å². The van der Waals surface area contributed by atoms with Gasteiger partial charge in [0.05, 0.1) is 50.9 Å². The molecule has 11 N–H and O–H groups in total. The molecule has 0 bridgehead atoms. The SMILES string of the molecule is C=C1Oc2ccccc2C=C1COC1C(O)[C@@H](OCCNC(=O)C2CC(n3cc(-c4ccccc4)nn3)[C@@H](O[C@@H]3OC(C)[C@@H](O)[C@H](O)C3O)[C@H](O[C@@H]3O[C@@H](CO)[C@H](O)C(O[C@@H](CC4CCCCC4)C(=O)O)C3NC(C)=O)C2)OC(CO)[C@H]1O. The van der Waals surface area contributed by atoms with Crippen LogP contribution in [0.2, 0.25) is 0 Å². The maximum absolute atomic E-state index is 14.7. The number of rotatable bonds is 22. The molecule has 5 heterocycles. The van der Waals surface area contributed by atoms with Gasteiger partial charge in [-0.3, -0.25) is 9.59 Å². The number of carboxylic acid groups (broad SMARTS) is 1. The van der Waals surface area contributed by atoms with E-state index in [1.807, 2.05) is 42.5 Å². The van der Waals surface area contributed by atoms with E-state index >= 15 is 0 Å². The van der Waals surface area contributed by atoms with Crippen molar-refractivity contribution in [2.45, 2.75) is 182 Å². The molecule has 20 atom stereocenters. The van der Waals surface area contributed by atoms with Crippen LogP contribution in [-0.2, 0) is 52.3 Å². The Kier molecular flexibility index (Phi) is 21.1. The number of nitrogens with zero attached hydrogens (tertiary/aromatic N) is 3. The summed E-state index contributed by atoms with van der Waals surface area (Å²) in [4.78, 5) is 40.6. The van der Waals surface area contributed by atoms with E-state index in [9.17, 15) is 60.3 Å². The normalized spacial score (nSPS) is 35.3. The van der Waals surface area contributed by atoms with E-state index in [1.165, 1.54) is 18.5 Å². The number of para-hydroxylation sites is 1. The van der Waals surface area contributed by atoms with Gasteiger partial charge in [-0.15, -0.1) is 5.10 Å². The standard InChI is InChI=1S/C57H77N5O21/c1-28-35(21-33-16-10-11-17-38(33)77-28)27-76-52-46(68)42(26-64)82-56(49(52)71)75-19-18-58-53(72)34-22-37(62-24-36(60-61-62)32-14-8-5-9-15-32)50(83-57-48(70)47(69)44(66)29(2)78-57)39(23-34)80-55-43(59-30(3)65)51(45(67)41(25-63)81-55)79-40(54(73)74)20-31-12-6-4-7-13-31/h5,8-11,14-17,21,24,29,31,34,37,39-52,55-57,63-64,66-71H,1,4,6-7,12-13,18-20,22-23,25-27H2,2-3H3,(H,58,72)(H,59,65)(H,73,74)/t29?,34?,37?,39-,40+,41+,42?,43?,44-,45+,46-,47+,48?,49?,50-,51?,52?,55-,56+,57+/m1/s1. The maximum atomic E-state index is 14.7. The molecule has 0 radical (unpaired) electrons. The Morgan fingerprint density at radius 1 is 0.783 bits per heavy atom. The van der Waals surface area contributed by atoms with Crippen LogP contribution in [0.5, 0.6) is 5.75 Å². The molecule has 1 aromatic heterocycles. The number of carbonyl (C=O) groups excluding carboxylic acids is 2. The van der Waals surface area contributed by atoms with Crippen LogP contribution in [0.15, 0.2) is 78.7 Å². The Balaban J connectivity index is 0.977. The summed E-state index contributed by atoms with van der Waals surface area (Å²) in [6.07, 6.45) is -17.7. The van der Waals surface area contributed by atoms with E-state index < -0.39 is 153 Å². The molecular formula is C57H77N5O21. The van der Waals surface area contributed by atoms with Crippen LogP contribution in [0.25, 0.3) is 17.3 Å². The molecule has 83 heavy (non-hydrogen) atoms.